The summed E-state index contributed by atoms with van der Waals surface area (Å²) >= 11 is 5.95. The average Bonchev–Trinajstić information content (AvgIpc) is 2.37. The van der Waals surface area contributed by atoms with Gasteiger partial charge in [-0.1, -0.05) is 11.6 Å². The van der Waals surface area contributed by atoms with Gasteiger partial charge in [0.05, 0.1) is 11.5 Å². The van der Waals surface area contributed by atoms with Gasteiger partial charge in [0, 0.05) is 23.7 Å². The van der Waals surface area contributed by atoms with Crippen molar-refractivity contribution >= 4 is 23.3 Å². The Kier molecular flexibility index (Phi) is 5.72. The number of nitrogens with zero attached hydrogens (tertiary/aromatic N) is 1. The molecule has 1 atom stereocenters. The highest BCUT2D eigenvalue weighted by atomic mass is 35.5. The number of hydrogen-bond acceptors (Lipinski definition) is 5. The lowest BCUT2D eigenvalue weighted by Gasteiger charge is -2.13. The molecule has 0 saturated carbocycles. The van der Waals surface area contributed by atoms with Crippen molar-refractivity contribution in [1.29, 1.82) is 0 Å². The molecule has 1 rings (SSSR count). The van der Waals surface area contributed by atoms with E-state index in [1.54, 1.807) is 13.8 Å². The van der Waals surface area contributed by atoms with Crippen LogP contribution in [0.4, 0.5) is 5.69 Å². The van der Waals surface area contributed by atoms with Gasteiger partial charge < -0.3 is 10.1 Å². The normalized spacial score (nSPS) is 11.9. The number of carbonyl (C=O) groups excluding carboxylic acids is 1. The minimum atomic E-state index is -0.504. The van der Waals surface area contributed by atoms with Crippen LogP contribution in [-0.4, -0.2) is 23.5 Å². The number of nitro groups is 1. The van der Waals surface area contributed by atoms with Crippen LogP contribution in [0.25, 0.3) is 0 Å². The van der Waals surface area contributed by atoms with Crippen LogP contribution >= 0.6 is 11.6 Å². The quantitative estimate of drug-likeness (QED) is 0.493. The van der Waals surface area contributed by atoms with Crippen LogP contribution in [0.3, 0.4) is 0 Å². The summed E-state index contributed by atoms with van der Waals surface area (Å²) in [5, 5.41) is 14.0. The summed E-state index contributed by atoms with van der Waals surface area (Å²) < 4.78 is 4.84. The van der Waals surface area contributed by atoms with Gasteiger partial charge in [0.25, 0.3) is 5.69 Å². The second kappa shape index (κ2) is 7.06. The third-order valence-corrected chi connectivity index (χ3v) is 2.85. The van der Waals surface area contributed by atoms with Crippen molar-refractivity contribution in [2.45, 2.75) is 26.4 Å². The van der Waals surface area contributed by atoms with E-state index in [1.807, 2.05) is 0 Å². The number of ether oxygens (including phenoxy) is 1. The largest absolute Gasteiger partial charge is 0.465 e. The van der Waals surface area contributed by atoms with Crippen molar-refractivity contribution in [2.75, 3.05) is 6.61 Å². The topological polar surface area (TPSA) is 81.5 Å². The Labute approximate surface area is 115 Å². The van der Waals surface area contributed by atoms with Crippen LogP contribution in [0, 0.1) is 10.1 Å². The standard InChI is InChI=1S/C12H15ClN2O4/c1-3-19-12(16)8(2)14-7-9-6-10(15(17)18)4-5-11(9)13/h4-6,8,14H,3,7H2,1-2H3. The fourth-order valence-corrected chi connectivity index (χ4v) is 1.61. The second-order valence-corrected chi connectivity index (χ2v) is 4.29. The zero-order valence-electron chi connectivity index (χ0n) is 10.7. The number of nitro benzene ring substituents is 1. The predicted octanol–water partition coefficient (Wildman–Crippen LogP) is 2.29. The van der Waals surface area contributed by atoms with Crippen molar-refractivity contribution in [3.8, 4) is 0 Å². The van der Waals surface area contributed by atoms with E-state index >= 15 is 0 Å². The van der Waals surface area contributed by atoms with Gasteiger partial charge in [0.1, 0.15) is 6.04 Å². The predicted molar refractivity (Wildman–Crippen MR) is 71.0 cm³/mol. The molecule has 0 spiro atoms. The Morgan fingerprint density at radius 2 is 2.26 bits per heavy atom. The molecule has 1 aromatic carbocycles. The summed E-state index contributed by atoms with van der Waals surface area (Å²) in [6, 6.07) is 3.68. The van der Waals surface area contributed by atoms with Crippen LogP contribution in [0.5, 0.6) is 0 Å². The third kappa shape index (κ3) is 4.50. The molecule has 0 aliphatic rings. The Balaban J connectivity index is 2.69. The molecule has 19 heavy (non-hydrogen) atoms. The third-order valence-electron chi connectivity index (χ3n) is 2.48. The van der Waals surface area contributed by atoms with Gasteiger partial charge in [-0.25, -0.2) is 0 Å². The summed E-state index contributed by atoms with van der Waals surface area (Å²) in [6.07, 6.45) is 0. The lowest BCUT2D eigenvalue weighted by Crippen LogP contribution is -2.34. The summed E-state index contributed by atoms with van der Waals surface area (Å²) in [7, 11) is 0. The molecule has 104 valence electrons. The van der Waals surface area contributed by atoms with E-state index < -0.39 is 11.0 Å². The number of nitrogens with one attached hydrogen (secondary N) is 1. The van der Waals surface area contributed by atoms with Gasteiger partial charge in [-0.15, -0.1) is 0 Å². The van der Waals surface area contributed by atoms with E-state index in [1.165, 1.54) is 18.2 Å². The van der Waals surface area contributed by atoms with Crippen molar-refractivity contribution in [3.63, 3.8) is 0 Å². The molecule has 0 radical (unpaired) electrons. The molecule has 0 aromatic heterocycles. The van der Waals surface area contributed by atoms with E-state index in [4.69, 9.17) is 16.3 Å². The Morgan fingerprint density at radius 1 is 1.58 bits per heavy atom. The molecule has 0 fully saturated rings. The number of esters is 1. The molecule has 0 bridgehead atoms. The maximum Gasteiger partial charge on any atom is 0.322 e. The molecule has 0 amide bonds. The number of hydrogen-bond donors (Lipinski definition) is 1. The SMILES string of the molecule is CCOC(=O)C(C)NCc1cc([N+](=O)[O-])ccc1Cl. The fraction of sp³-hybridized carbons (Fsp3) is 0.417. The zero-order valence-corrected chi connectivity index (χ0v) is 11.4. The lowest BCUT2D eigenvalue weighted by atomic mass is 10.2. The fourth-order valence-electron chi connectivity index (χ4n) is 1.42. The minimum absolute atomic E-state index is 0.0370. The number of rotatable bonds is 6. The van der Waals surface area contributed by atoms with Gasteiger partial charge in [-0.3, -0.25) is 14.9 Å². The average molecular weight is 287 g/mol. The number of carbonyl (C=O) groups is 1. The maximum atomic E-state index is 11.4. The molecule has 1 unspecified atom stereocenters. The minimum Gasteiger partial charge on any atom is -0.465 e. The van der Waals surface area contributed by atoms with E-state index in [-0.39, 0.29) is 18.2 Å². The smallest absolute Gasteiger partial charge is 0.322 e. The van der Waals surface area contributed by atoms with Gasteiger partial charge >= 0.3 is 5.97 Å². The maximum absolute atomic E-state index is 11.4. The lowest BCUT2D eigenvalue weighted by molar-refractivity contribution is -0.384. The van der Waals surface area contributed by atoms with Gasteiger partial charge in [0.15, 0.2) is 0 Å². The van der Waals surface area contributed by atoms with Gasteiger partial charge in [-0.05, 0) is 25.5 Å². The molecule has 6 nitrogen and oxygen atoms in total. The highest BCUT2D eigenvalue weighted by Gasteiger charge is 2.15. The summed E-state index contributed by atoms with van der Waals surface area (Å²) in [5.74, 6) is -0.371. The van der Waals surface area contributed by atoms with Crippen LogP contribution in [0.1, 0.15) is 19.4 Å². The van der Waals surface area contributed by atoms with Crippen molar-refractivity contribution < 1.29 is 14.5 Å². The first-order valence-corrected chi connectivity index (χ1v) is 6.16. The first kappa shape index (κ1) is 15.4. The van der Waals surface area contributed by atoms with E-state index in [0.29, 0.717) is 17.2 Å². The Bertz CT molecular complexity index is 479. The molecule has 1 N–H and O–H groups in total. The van der Waals surface area contributed by atoms with Crippen molar-refractivity contribution in [1.82, 2.24) is 5.32 Å². The van der Waals surface area contributed by atoms with Crippen LogP contribution in [-0.2, 0) is 16.1 Å². The monoisotopic (exact) mass is 286 g/mol. The van der Waals surface area contributed by atoms with Crippen molar-refractivity contribution in [2.24, 2.45) is 0 Å². The first-order chi connectivity index (χ1) is 8.95. The summed E-state index contributed by atoms with van der Waals surface area (Å²) in [4.78, 5) is 21.6. The Hall–Kier alpha value is -1.66. The van der Waals surface area contributed by atoms with E-state index in [9.17, 15) is 14.9 Å². The summed E-state index contributed by atoms with van der Waals surface area (Å²) in [6.45, 7) is 3.94. The highest BCUT2D eigenvalue weighted by molar-refractivity contribution is 6.31. The number of halogens is 1. The first-order valence-electron chi connectivity index (χ1n) is 5.78. The number of benzene rings is 1. The van der Waals surface area contributed by atoms with Crippen LogP contribution in [0.2, 0.25) is 5.02 Å². The summed E-state index contributed by atoms with van der Waals surface area (Å²) in [5.41, 5.74) is 0.525. The molecule has 0 saturated heterocycles. The molecule has 0 aliphatic heterocycles. The molecule has 0 heterocycles. The molecular weight excluding hydrogens is 272 g/mol. The van der Waals surface area contributed by atoms with E-state index in [0.717, 1.165) is 0 Å². The molecule has 7 heteroatoms. The highest BCUT2D eigenvalue weighted by Crippen LogP contribution is 2.21. The molecule has 1 aromatic rings. The zero-order chi connectivity index (χ0) is 14.4. The Morgan fingerprint density at radius 3 is 2.84 bits per heavy atom. The van der Waals surface area contributed by atoms with Gasteiger partial charge in [0.2, 0.25) is 0 Å². The van der Waals surface area contributed by atoms with Crippen molar-refractivity contribution in [3.05, 3.63) is 38.9 Å². The molecule has 0 aliphatic carbocycles. The van der Waals surface area contributed by atoms with E-state index in [2.05, 4.69) is 5.32 Å². The van der Waals surface area contributed by atoms with Crippen LogP contribution in [0.15, 0.2) is 18.2 Å². The van der Waals surface area contributed by atoms with Crippen LogP contribution < -0.4 is 5.32 Å². The number of non-ortho nitro benzene ring substituents is 1. The second-order valence-electron chi connectivity index (χ2n) is 3.89. The molecular formula is C12H15ClN2O4. The van der Waals surface area contributed by atoms with Gasteiger partial charge in [-0.2, -0.15) is 0 Å².